The van der Waals surface area contributed by atoms with E-state index in [1.165, 1.54) is 32.1 Å². The smallest absolute Gasteiger partial charge is 0.726 e. The fourth-order valence-electron chi connectivity index (χ4n) is 1.55. The monoisotopic (exact) mass is 320 g/mol. The number of ether oxygens (including phenoxy) is 1. The van der Waals surface area contributed by atoms with Gasteiger partial charge in [-0.05, 0) is 19.3 Å². The molecule has 0 atom stereocenters. The molecule has 0 N–H and O–H groups in total. The van der Waals surface area contributed by atoms with Crippen LogP contribution >= 0.6 is 0 Å². The van der Waals surface area contributed by atoms with Crippen molar-refractivity contribution in [3.8, 4) is 0 Å². The van der Waals surface area contributed by atoms with Crippen LogP contribution in [0.4, 0.5) is 0 Å². The molecule has 0 rings (SSSR count). The summed E-state index contributed by atoms with van der Waals surface area (Å²) in [7, 11) is -4.53. The summed E-state index contributed by atoms with van der Waals surface area (Å²) in [5.74, 6) is 0. The van der Waals surface area contributed by atoms with E-state index >= 15 is 0 Å². The topological polar surface area (TPSA) is 75.7 Å². The summed E-state index contributed by atoms with van der Waals surface area (Å²) in [5.41, 5.74) is 0. The maximum Gasteiger partial charge on any atom is 1.00 e. The predicted molar refractivity (Wildman–Crippen MR) is 69.1 cm³/mol. The van der Waals surface area contributed by atoms with Crippen molar-refractivity contribution < 1.29 is 73.3 Å². The van der Waals surface area contributed by atoms with Crippen molar-refractivity contribution in [3.05, 3.63) is 0 Å². The summed E-state index contributed by atoms with van der Waals surface area (Å²) < 4.78 is 39.8. The van der Waals surface area contributed by atoms with E-state index in [9.17, 15) is 13.0 Å². The van der Waals surface area contributed by atoms with Gasteiger partial charge in [0.15, 0.2) is 0 Å². The van der Waals surface area contributed by atoms with Crippen LogP contribution in [0.25, 0.3) is 0 Å². The van der Waals surface area contributed by atoms with Crippen LogP contribution in [0, 0.1) is 0 Å². The number of unbranched alkanes of at least 4 members (excludes halogenated alkanes) is 6. The van der Waals surface area contributed by atoms with Crippen LogP contribution in [-0.4, -0.2) is 32.8 Å². The van der Waals surface area contributed by atoms with Crippen molar-refractivity contribution in [2.75, 3.05) is 19.8 Å². The third-order valence-corrected chi connectivity index (χ3v) is 3.01. The second-order valence-electron chi connectivity index (χ2n) is 4.32. The zero-order chi connectivity index (χ0) is 13.7. The molecule has 110 valence electrons. The Hall–Kier alpha value is 1.47. The van der Waals surface area contributed by atoms with E-state index in [2.05, 4.69) is 11.1 Å². The minimum Gasteiger partial charge on any atom is -0.726 e. The van der Waals surface area contributed by atoms with Gasteiger partial charge in [-0.15, -0.1) is 0 Å². The number of hydrogen-bond donors (Lipinski definition) is 0. The first-order chi connectivity index (χ1) is 8.56. The molecule has 0 aromatic carbocycles. The molecule has 0 fully saturated rings. The molecule has 0 aromatic rings. The van der Waals surface area contributed by atoms with Crippen molar-refractivity contribution in [2.45, 2.75) is 58.3 Å². The molecule has 0 bridgehead atoms. The van der Waals surface area contributed by atoms with E-state index in [1.807, 2.05) is 0 Å². The van der Waals surface area contributed by atoms with E-state index in [-0.39, 0.29) is 58.0 Å². The molecule has 0 aromatic heterocycles. The molecule has 0 unspecified atom stereocenters. The second kappa shape index (κ2) is 15.8. The van der Waals surface area contributed by atoms with Crippen LogP contribution in [0.2, 0.25) is 0 Å². The van der Waals surface area contributed by atoms with Gasteiger partial charge in [-0.25, -0.2) is 8.42 Å². The third kappa shape index (κ3) is 21.9. The number of hydrogen-bond acceptors (Lipinski definition) is 5. The summed E-state index contributed by atoms with van der Waals surface area (Å²) in [6.07, 6.45) is 8.67. The molecule has 5 nitrogen and oxygen atoms in total. The van der Waals surface area contributed by atoms with Gasteiger partial charge in [-0.1, -0.05) is 39.0 Å². The van der Waals surface area contributed by atoms with Crippen LogP contribution in [0.3, 0.4) is 0 Å². The predicted octanol–water partition coefficient (Wildman–Crippen LogP) is -0.375. The Labute approximate surface area is 160 Å². The van der Waals surface area contributed by atoms with Gasteiger partial charge in [0, 0.05) is 13.2 Å². The van der Waals surface area contributed by atoms with Crippen molar-refractivity contribution in [1.82, 2.24) is 0 Å². The van der Waals surface area contributed by atoms with Crippen molar-refractivity contribution >= 4 is 10.4 Å². The molecule has 0 radical (unpaired) electrons. The van der Waals surface area contributed by atoms with Gasteiger partial charge in [0.2, 0.25) is 10.4 Å². The van der Waals surface area contributed by atoms with E-state index < -0.39 is 10.4 Å². The van der Waals surface area contributed by atoms with Gasteiger partial charge in [0.25, 0.3) is 0 Å². The molecule has 0 heterocycles. The van der Waals surface area contributed by atoms with Crippen molar-refractivity contribution in [1.29, 1.82) is 0 Å². The van der Waals surface area contributed by atoms with Crippen molar-refractivity contribution in [3.63, 3.8) is 0 Å². The molecule has 7 heteroatoms. The summed E-state index contributed by atoms with van der Waals surface area (Å²) in [4.78, 5) is 0. The normalized spacial score (nSPS) is 11.3. The largest absolute Gasteiger partial charge is 1.00 e. The van der Waals surface area contributed by atoms with Crippen LogP contribution in [0.1, 0.15) is 58.3 Å². The molecule has 0 spiro atoms. The Morgan fingerprint density at radius 1 is 0.842 bits per heavy atom. The quantitative estimate of drug-likeness (QED) is 0.200. The Bertz CT molecular complexity index is 269. The summed E-state index contributed by atoms with van der Waals surface area (Å²) in [5, 5.41) is 0. The molecule has 0 aliphatic heterocycles. The maximum atomic E-state index is 10.1. The van der Waals surface area contributed by atoms with Crippen LogP contribution < -0.4 is 51.4 Å². The van der Waals surface area contributed by atoms with Gasteiger partial charge >= 0.3 is 51.4 Å². The van der Waals surface area contributed by atoms with Crippen LogP contribution in [0.5, 0.6) is 0 Å². The standard InChI is InChI=1S/C12H26O5S.K/c1-2-3-4-5-6-7-10-16-11-8-9-12-17-18(13,14)15;/h2-12H2,1H3,(H,13,14,15);/q;+1/p-1. The minimum atomic E-state index is -4.53. The van der Waals surface area contributed by atoms with Gasteiger partial charge in [0.1, 0.15) is 0 Å². The molecular weight excluding hydrogens is 295 g/mol. The van der Waals surface area contributed by atoms with Gasteiger partial charge in [-0.2, -0.15) is 0 Å². The Balaban J connectivity index is 0. The fraction of sp³-hybridized carbons (Fsp3) is 1.00. The summed E-state index contributed by atoms with van der Waals surface area (Å²) >= 11 is 0. The third-order valence-electron chi connectivity index (χ3n) is 2.55. The summed E-state index contributed by atoms with van der Waals surface area (Å²) in [6.45, 7) is 3.50. The van der Waals surface area contributed by atoms with Gasteiger partial charge < -0.3 is 9.29 Å². The van der Waals surface area contributed by atoms with Gasteiger partial charge in [0.05, 0.1) is 6.61 Å². The molecule has 19 heavy (non-hydrogen) atoms. The first kappa shape index (κ1) is 22.7. The summed E-state index contributed by atoms with van der Waals surface area (Å²) in [6, 6.07) is 0. The van der Waals surface area contributed by atoms with E-state index in [4.69, 9.17) is 4.74 Å². The second-order valence-corrected chi connectivity index (χ2v) is 5.37. The van der Waals surface area contributed by atoms with E-state index in [0.717, 1.165) is 13.0 Å². The van der Waals surface area contributed by atoms with E-state index in [1.54, 1.807) is 0 Å². The van der Waals surface area contributed by atoms with Crippen molar-refractivity contribution in [2.24, 2.45) is 0 Å². The maximum absolute atomic E-state index is 10.1. The zero-order valence-corrected chi connectivity index (χ0v) is 16.2. The Morgan fingerprint density at radius 3 is 1.89 bits per heavy atom. The molecule has 0 amide bonds. The first-order valence-corrected chi connectivity index (χ1v) is 8.07. The molecule has 0 aliphatic rings. The average molecular weight is 320 g/mol. The first-order valence-electron chi connectivity index (χ1n) is 6.74. The zero-order valence-electron chi connectivity index (χ0n) is 12.2. The Morgan fingerprint density at radius 2 is 1.32 bits per heavy atom. The van der Waals surface area contributed by atoms with Crippen LogP contribution in [0.15, 0.2) is 0 Å². The molecule has 0 saturated carbocycles. The SMILES string of the molecule is CCCCCCCCOCCCCOS(=O)(=O)[O-].[K+]. The van der Waals surface area contributed by atoms with Crippen LogP contribution in [-0.2, 0) is 19.3 Å². The molecule has 0 saturated heterocycles. The molecular formula is C12H25KO5S. The van der Waals surface area contributed by atoms with Gasteiger partial charge in [-0.3, -0.25) is 4.18 Å². The minimum absolute atomic E-state index is 0. The average Bonchev–Trinajstić information content (AvgIpc) is 2.29. The number of rotatable bonds is 13. The molecule has 0 aliphatic carbocycles. The van der Waals surface area contributed by atoms with E-state index in [0.29, 0.717) is 19.4 Å². The fourth-order valence-corrected chi connectivity index (χ4v) is 1.88. The Kier molecular flexibility index (Phi) is 19.0.